The number of aryl methyl sites for hydroxylation is 1. The van der Waals surface area contributed by atoms with Crippen molar-refractivity contribution in [3.8, 4) is 5.75 Å². The molecule has 0 saturated carbocycles. The van der Waals surface area contributed by atoms with Crippen molar-refractivity contribution in [2.75, 3.05) is 0 Å². The lowest BCUT2D eigenvalue weighted by Crippen LogP contribution is -2.24. The van der Waals surface area contributed by atoms with Gasteiger partial charge in [-0.25, -0.2) is 18.4 Å². The lowest BCUT2D eigenvalue weighted by Gasteiger charge is -2.17. The number of nitrogens with zero attached hydrogens (tertiary/aromatic N) is 7. The Bertz CT molecular complexity index is 1630. The van der Waals surface area contributed by atoms with E-state index in [-0.39, 0.29) is 61.0 Å². The maximum Gasteiger partial charge on any atom is 0.433 e. The molecule has 0 spiro atoms. The number of halogens is 6. The summed E-state index contributed by atoms with van der Waals surface area (Å²) in [5.74, 6) is -3.97. The van der Waals surface area contributed by atoms with Gasteiger partial charge in [0.25, 0.3) is 11.8 Å². The minimum atomic E-state index is -4.62. The van der Waals surface area contributed by atoms with Crippen molar-refractivity contribution < 1.29 is 40.7 Å². The van der Waals surface area contributed by atoms with Gasteiger partial charge in [0.05, 0.1) is 31.2 Å². The van der Waals surface area contributed by atoms with Crippen molar-refractivity contribution in [2.24, 2.45) is 0 Å². The van der Waals surface area contributed by atoms with Crippen LogP contribution < -0.4 is 15.4 Å². The summed E-state index contributed by atoms with van der Waals surface area (Å²) in [6.07, 6.45) is -3.70. The van der Waals surface area contributed by atoms with E-state index in [0.717, 1.165) is 16.8 Å². The summed E-state index contributed by atoms with van der Waals surface area (Å²) in [4.78, 5) is 28.2. The van der Waals surface area contributed by atoms with Gasteiger partial charge >= 0.3 is 6.18 Å². The largest absolute Gasteiger partial charge is 0.459 e. The zero-order valence-corrected chi connectivity index (χ0v) is 23.9. The minimum absolute atomic E-state index is 0.00673. The van der Waals surface area contributed by atoms with Crippen LogP contribution in [0.15, 0.2) is 48.8 Å². The Hall–Kier alpha value is -5.03. The molecule has 0 bridgehead atoms. The van der Waals surface area contributed by atoms with E-state index in [2.05, 4.69) is 36.2 Å². The molecule has 12 nitrogen and oxygen atoms in total. The van der Waals surface area contributed by atoms with E-state index in [1.54, 1.807) is 0 Å². The highest BCUT2D eigenvalue weighted by atomic mass is 19.4. The van der Waals surface area contributed by atoms with E-state index in [1.807, 2.05) is 0 Å². The fourth-order valence-corrected chi connectivity index (χ4v) is 3.86. The van der Waals surface area contributed by atoms with Crippen LogP contribution in [0.1, 0.15) is 58.2 Å². The Morgan fingerprint density at radius 3 is 2.24 bits per heavy atom. The minimum Gasteiger partial charge on any atom is -0.459 e. The van der Waals surface area contributed by atoms with Crippen LogP contribution in [-0.2, 0) is 32.4 Å². The van der Waals surface area contributed by atoms with Gasteiger partial charge in [-0.1, -0.05) is 16.5 Å². The van der Waals surface area contributed by atoms with Crippen LogP contribution in [0.2, 0.25) is 0 Å². The van der Waals surface area contributed by atoms with E-state index in [1.165, 1.54) is 55.2 Å². The molecule has 1 atom stereocenters. The molecular weight excluding hydrogens is 612 g/mol. The van der Waals surface area contributed by atoms with Gasteiger partial charge in [-0.15, -0.1) is 10.2 Å². The highest BCUT2D eigenvalue weighted by molar-refractivity contribution is 5.92. The normalized spacial score (nSPS) is 12.5. The number of rotatable bonds is 13. The number of ether oxygens (including phenoxy) is 1. The molecule has 0 aliphatic rings. The number of amides is 2. The first kappa shape index (κ1) is 32.9. The van der Waals surface area contributed by atoms with E-state index < -0.39 is 41.5 Å². The second-order valence-corrected chi connectivity index (χ2v) is 10.2. The fourth-order valence-electron chi connectivity index (χ4n) is 3.86. The van der Waals surface area contributed by atoms with Crippen LogP contribution in [-0.4, -0.2) is 58.8 Å². The van der Waals surface area contributed by atoms with Gasteiger partial charge in [-0.3, -0.25) is 14.3 Å². The highest BCUT2D eigenvalue weighted by Crippen LogP contribution is 2.27. The molecule has 0 fully saturated rings. The maximum atomic E-state index is 14.6. The van der Waals surface area contributed by atoms with E-state index in [4.69, 9.17) is 4.74 Å². The summed E-state index contributed by atoms with van der Waals surface area (Å²) >= 11 is 0. The van der Waals surface area contributed by atoms with Crippen molar-refractivity contribution in [2.45, 2.75) is 64.7 Å². The van der Waals surface area contributed by atoms with Crippen molar-refractivity contribution in [3.05, 3.63) is 82.9 Å². The summed E-state index contributed by atoms with van der Waals surface area (Å²) in [6, 6.07) is 6.90. The lowest BCUT2D eigenvalue weighted by molar-refractivity contribution is -0.141. The zero-order valence-electron chi connectivity index (χ0n) is 23.9. The smallest absolute Gasteiger partial charge is 0.433 e. The van der Waals surface area contributed by atoms with Crippen LogP contribution in [0.4, 0.5) is 26.3 Å². The Morgan fingerprint density at radius 1 is 0.933 bits per heavy atom. The molecule has 0 saturated heterocycles. The van der Waals surface area contributed by atoms with E-state index >= 15 is 0 Å². The summed E-state index contributed by atoms with van der Waals surface area (Å²) in [6.45, 7) is 1.59. The number of benzene rings is 1. The third-order valence-corrected chi connectivity index (χ3v) is 5.94. The molecular formula is C27H27F6N9O3. The van der Waals surface area contributed by atoms with E-state index in [9.17, 15) is 35.9 Å². The van der Waals surface area contributed by atoms with Gasteiger partial charge in [-0.05, 0) is 30.3 Å². The van der Waals surface area contributed by atoms with Crippen LogP contribution in [0, 0.1) is 5.82 Å². The molecule has 4 rings (SSSR count). The number of carbonyl (C=O) groups excluding carboxylic acids is 2. The quantitative estimate of drug-likeness (QED) is 0.211. The molecule has 240 valence electrons. The number of carbonyl (C=O) groups is 2. The molecule has 0 aliphatic heterocycles. The van der Waals surface area contributed by atoms with Gasteiger partial charge in [0.15, 0.2) is 11.4 Å². The monoisotopic (exact) mass is 639 g/mol. The standard InChI is InChI=1S/C27H27F6N9O3/c1-26(2,30)45-19-6-7-20(29)16(10-19)11-34-24(43)22-15-42(40-38-22)13-17(28)8-9-41-14-21(37-39-41)25(44)35-12-18-4-3-5-23(36-18)27(31,32)33/h3-7,10,14-15,17H,8-9,11-13H2,1-2H3,(H,34,43)(H,35,44). The summed E-state index contributed by atoms with van der Waals surface area (Å²) in [5.41, 5.74) is -1.32. The van der Waals surface area contributed by atoms with Gasteiger partial charge in [0.1, 0.15) is 23.4 Å². The van der Waals surface area contributed by atoms with E-state index in [0.29, 0.717) is 0 Å². The topological polar surface area (TPSA) is 142 Å². The summed E-state index contributed by atoms with van der Waals surface area (Å²) in [7, 11) is 0. The Labute approximate surface area is 251 Å². The third-order valence-electron chi connectivity index (χ3n) is 5.94. The third kappa shape index (κ3) is 9.73. The number of alkyl halides is 5. The maximum absolute atomic E-state index is 14.6. The first-order valence-electron chi connectivity index (χ1n) is 13.4. The Morgan fingerprint density at radius 2 is 1.58 bits per heavy atom. The first-order chi connectivity index (χ1) is 21.2. The molecule has 18 heteroatoms. The summed E-state index contributed by atoms with van der Waals surface area (Å²) in [5, 5.41) is 19.7. The second-order valence-electron chi connectivity index (χ2n) is 10.2. The first-order valence-corrected chi connectivity index (χ1v) is 13.4. The second kappa shape index (κ2) is 13.7. The van der Waals surface area contributed by atoms with Crippen LogP contribution >= 0.6 is 0 Å². The van der Waals surface area contributed by atoms with Crippen LogP contribution in [0.25, 0.3) is 0 Å². The van der Waals surface area contributed by atoms with Crippen molar-refractivity contribution in [3.63, 3.8) is 0 Å². The van der Waals surface area contributed by atoms with Crippen molar-refractivity contribution in [1.82, 2.24) is 45.6 Å². The number of hydrogen-bond acceptors (Lipinski definition) is 8. The summed E-state index contributed by atoms with van der Waals surface area (Å²) < 4.78 is 88.4. The molecule has 0 radical (unpaired) electrons. The molecule has 1 unspecified atom stereocenters. The van der Waals surface area contributed by atoms with Crippen molar-refractivity contribution >= 4 is 11.8 Å². The number of pyridine rings is 1. The fraction of sp³-hybridized carbons (Fsp3) is 0.370. The van der Waals surface area contributed by atoms with Gasteiger partial charge < -0.3 is 15.4 Å². The molecule has 3 heterocycles. The number of nitrogens with one attached hydrogen (secondary N) is 2. The van der Waals surface area contributed by atoms with Gasteiger partial charge in [0, 0.05) is 38.9 Å². The predicted octanol–water partition coefficient (Wildman–Crippen LogP) is 3.80. The van der Waals surface area contributed by atoms with Gasteiger partial charge in [0.2, 0.25) is 5.85 Å². The zero-order chi connectivity index (χ0) is 32.8. The molecule has 0 aliphatic carbocycles. The van der Waals surface area contributed by atoms with Crippen LogP contribution in [0.5, 0.6) is 5.75 Å². The molecule has 4 aromatic rings. The predicted molar refractivity (Wildman–Crippen MR) is 143 cm³/mol. The Kier molecular flexibility index (Phi) is 10.0. The molecule has 45 heavy (non-hydrogen) atoms. The average molecular weight is 640 g/mol. The average Bonchev–Trinajstić information content (AvgIpc) is 3.64. The SMILES string of the molecule is CC(C)(F)Oc1ccc(F)c(CNC(=O)c2cn(CC(F)CCn3cc(C(=O)NCc4cccc(C(F)(F)F)n4)nn3)nn2)c1. The molecule has 1 aromatic carbocycles. The number of hydrogen-bond donors (Lipinski definition) is 2. The highest BCUT2D eigenvalue weighted by Gasteiger charge is 2.32. The van der Waals surface area contributed by atoms with Crippen LogP contribution in [0.3, 0.4) is 0 Å². The molecule has 3 aromatic heterocycles. The molecule has 2 amide bonds. The van der Waals surface area contributed by atoms with Gasteiger partial charge in [-0.2, -0.15) is 17.6 Å². The van der Waals surface area contributed by atoms with Crippen molar-refractivity contribution in [1.29, 1.82) is 0 Å². The Balaban J connectivity index is 1.22. The molecule has 2 N–H and O–H groups in total. The lowest BCUT2D eigenvalue weighted by atomic mass is 10.2. The number of aromatic nitrogens is 7.